The van der Waals surface area contributed by atoms with E-state index in [4.69, 9.17) is 4.98 Å². The number of nitrogens with zero attached hydrogens (tertiary/aromatic N) is 3. The van der Waals surface area contributed by atoms with Crippen LogP contribution in [0.3, 0.4) is 0 Å². The number of hydrogen-bond acceptors (Lipinski definition) is 3. The highest BCUT2D eigenvalue weighted by Gasteiger charge is 2.20. The normalized spacial score (nSPS) is 13.3. The summed E-state index contributed by atoms with van der Waals surface area (Å²) in [5.74, 6) is 0.978. The summed E-state index contributed by atoms with van der Waals surface area (Å²) in [4.78, 5) is 19.7. The Labute approximate surface area is 183 Å². The van der Waals surface area contributed by atoms with Crippen molar-refractivity contribution in [3.8, 4) is 0 Å². The van der Waals surface area contributed by atoms with Crippen LogP contribution < -0.4 is 10.2 Å². The van der Waals surface area contributed by atoms with Crippen molar-refractivity contribution in [1.29, 1.82) is 0 Å². The molecule has 0 unspecified atom stereocenters. The standard InChI is InChI=1S/C24H21BrN4O/c1-16-13-19(9-10-20(16)27-24(30)17-5-4-6-18(25)14-17)28-11-12-29-22-8-3-2-7-21(22)26-23(29)15-28/h2-10,13-14H,11-12,15H2,1H3,(H,27,30). The van der Waals surface area contributed by atoms with Gasteiger partial charge in [0.2, 0.25) is 0 Å². The lowest BCUT2D eigenvalue weighted by molar-refractivity contribution is 0.102. The van der Waals surface area contributed by atoms with E-state index in [1.807, 2.05) is 43.3 Å². The summed E-state index contributed by atoms with van der Waals surface area (Å²) in [5, 5.41) is 3.02. The molecule has 0 saturated heterocycles. The minimum Gasteiger partial charge on any atom is -0.362 e. The van der Waals surface area contributed by atoms with Crippen molar-refractivity contribution in [2.24, 2.45) is 0 Å². The highest BCUT2D eigenvalue weighted by atomic mass is 79.9. The first-order chi connectivity index (χ1) is 14.6. The number of anilines is 2. The quantitative estimate of drug-likeness (QED) is 0.446. The lowest BCUT2D eigenvalue weighted by Gasteiger charge is -2.30. The van der Waals surface area contributed by atoms with E-state index in [-0.39, 0.29) is 5.91 Å². The average Bonchev–Trinajstić information content (AvgIpc) is 3.13. The number of nitrogens with one attached hydrogen (secondary N) is 1. The molecule has 0 spiro atoms. The Morgan fingerprint density at radius 3 is 2.73 bits per heavy atom. The van der Waals surface area contributed by atoms with Crippen LogP contribution in [0.25, 0.3) is 11.0 Å². The SMILES string of the molecule is Cc1cc(N2CCn3c(nc4ccccc43)C2)ccc1NC(=O)c1cccc(Br)c1. The molecule has 5 rings (SSSR count). The molecular formula is C24H21BrN4O. The second-order valence-electron chi connectivity index (χ2n) is 7.55. The molecule has 3 aromatic carbocycles. The van der Waals surface area contributed by atoms with Crippen molar-refractivity contribution < 1.29 is 4.79 Å². The van der Waals surface area contributed by atoms with Crippen LogP contribution in [0.1, 0.15) is 21.7 Å². The number of carbonyl (C=O) groups excluding carboxylic acids is 1. The Morgan fingerprint density at radius 2 is 1.90 bits per heavy atom. The zero-order chi connectivity index (χ0) is 20.7. The number of para-hydroxylation sites is 2. The van der Waals surface area contributed by atoms with Crippen LogP contribution in [-0.4, -0.2) is 22.0 Å². The Kier molecular flexibility index (Phi) is 4.79. The van der Waals surface area contributed by atoms with E-state index in [2.05, 4.69) is 61.0 Å². The number of hydrogen-bond donors (Lipinski definition) is 1. The first-order valence-corrected chi connectivity index (χ1v) is 10.7. The molecule has 0 fully saturated rings. The van der Waals surface area contributed by atoms with Gasteiger partial charge in [-0.2, -0.15) is 0 Å². The third kappa shape index (κ3) is 3.48. The summed E-state index contributed by atoms with van der Waals surface area (Å²) in [6.07, 6.45) is 0. The molecule has 30 heavy (non-hydrogen) atoms. The van der Waals surface area contributed by atoms with Gasteiger partial charge in [-0.3, -0.25) is 4.79 Å². The monoisotopic (exact) mass is 460 g/mol. The first kappa shape index (κ1) is 18.9. The van der Waals surface area contributed by atoms with Crippen LogP contribution in [-0.2, 0) is 13.1 Å². The minimum absolute atomic E-state index is 0.112. The van der Waals surface area contributed by atoms with Crippen molar-refractivity contribution in [2.75, 3.05) is 16.8 Å². The van der Waals surface area contributed by atoms with E-state index in [0.717, 1.165) is 52.4 Å². The smallest absolute Gasteiger partial charge is 0.255 e. The van der Waals surface area contributed by atoms with Crippen LogP contribution in [0, 0.1) is 6.92 Å². The first-order valence-electron chi connectivity index (χ1n) is 9.95. The number of benzene rings is 3. The summed E-state index contributed by atoms with van der Waals surface area (Å²) in [6.45, 7) is 4.64. The Hall–Kier alpha value is -3.12. The fourth-order valence-electron chi connectivity index (χ4n) is 4.00. The van der Waals surface area contributed by atoms with Crippen LogP contribution in [0.2, 0.25) is 0 Å². The van der Waals surface area contributed by atoms with Crippen molar-refractivity contribution in [2.45, 2.75) is 20.0 Å². The third-order valence-electron chi connectivity index (χ3n) is 5.57. The molecule has 1 amide bonds. The van der Waals surface area contributed by atoms with Crippen LogP contribution in [0.15, 0.2) is 71.2 Å². The number of amides is 1. The van der Waals surface area contributed by atoms with E-state index < -0.39 is 0 Å². The summed E-state index contributed by atoms with van der Waals surface area (Å²) >= 11 is 3.41. The minimum atomic E-state index is -0.112. The van der Waals surface area contributed by atoms with Gasteiger partial charge >= 0.3 is 0 Å². The number of fused-ring (bicyclic) bond motifs is 3. The van der Waals surface area contributed by atoms with Crippen LogP contribution >= 0.6 is 15.9 Å². The number of imidazole rings is 1. The second kappa shape index (κ2) is 7.61. The van der Waals surface area contributed by atoms with Gasteiger partial charge in [0.15, 0.2) is 0 Å². The van der Waals surface area contributed by atoms with Gasteiger partial charge in [0.05, 0.1) is 17.6 Å². The molecule has 4 aromatic rings. The molecule has 150 valence electrons. The molecule has 0 saturated carbocycles. The zero-order valence-corrected chi connectivity index (χ0v) is 18.2. The van der Waals surface area contributed by atoms with E-state index in [9.17, 15) is 4.79 Å². The predicted octanol–water partition coefficient (Wildman–Crippen LogP) is 5.38. The van der Waals surface area contributed by atoms with Gasteiger partial charge in [0.25, 0.3) is 5.91 Å². The van der Waals surface area contributed by atoms with Crippen LogP contribution in [0.4, 0.5) is 11.4 Å². The van der Waals surface area contributed by atoms with Gasteiger partial charge in [-0.05, 0) is 61.0 Å². The fourth-order valence-corrected chi connectivity index (χ4v) is 4.39. The number of carbonyl (C=O) groups is 1. The molecule has 5 nitrogen and oxygen atoms in total. The predicted molar refractivity (Wildman–Crippen MR) is 124 cm³/mol. The molecule has 1 N–H and O–H groups in total. The lowest BCUT2D eigenvalue weighted by Crippen LogP contribution is -2.33. The highest BCUT2D eigenvalue weighted by molar-refractivity contribution is 9.10. The molecule has 0 bridgehead atoms. The maximum atomic E-state index is 12.6. The summed E-state index contributed by atoms with van der Waals surface area (Å²) in [6, 6.07) is 21.9. The third-order valence-corrected chi connectivity index (χ3v) is 6.06. The van der Waals surface area contributed by atoms with Gasteiger partial charge in [-0.25, -0.2) is 4.98 Å². The van der Waals surface area contributed by atoms with Crippen molar-refractivity contribution in [3.05, 3.63) is 88.2 Å². The molecule has 0 aliphatic carbocycles. The fraction of sp³-hybridized carbons (Fsp3) is 0.167. The van der Waals surface area contributed by atoms with Crippen LogP contribution in [0.5, 0.6) is 0 Å². The van der Waals surface area contributed by atoms with E-state index in [1.165, 1.54) is 5.52 Å². The molecule has 0 radical (unpaired) electrons. The number of halogens is 1. The Bertz CT molecular complexity index is 1260. The van der Waals surface area contributed by atoms with E-state index in [0.29, 0.717) is 5.56 Å². The molecular weight excluding hydrogens is 440 g/mol. The molecule has 2 heterocycles. The maximum Gasteiger partial charge on any atom is 0.255 e. The lowest BCUT2D eigenvalue weighted by atomic mass is 10.1. The molecule has 0 atom stereocenters. The number of rotatable bonds is 3. The summed E-state index contributed by atoms with van der Waals surface area (Å²) < 4.78 is 3.20. The van der Waals surface area contributed by atoms with Crippen molar-refractivity contribution in [3.63, 3.8) is 0 Å². The molecule has 1 aliphatic rings. The highest BCUT2D eigenvalue weighted by Crippen LogP contribution is 2.28. The Balaban J connectivity index is 1.35. The van der Waals surface area contributed by atoms with Gasteiger partial charge in [0, 0.05) is 34.5 Å². The Morgan fingerprint density at radius 1 is 1.03 bits per heavy atom. The summed E-state index contributed by atoms with van der Waals surface area (Å²) in [7, 11) is 0. The molecule has 1 aliphatic heterocycles. The van der Waals surface area contributed by atoms with Crippen molar-refractivity contribution in [1.82, 2.24) is 9.55 Å². The maximum absolute atomic E-state index is 12.6. The van der Waals surface area contributed by atoms with Gasteiger partial charge < -0.3 is 14.8 Å². The molecule has 6 heteroatoms. The zero-order valence-electron chi connectivity index (χ0n) is 16.6. The topological polar surface area (TPSA) is 50.2 Å². The summed E-state index contributed by atoms with van der Waals surface area (Å²) in [5.41, 5.74) is 5.89. The van der Waals surface area contributed by atoms with Gasteiger partial charge in [0.1, 0.15) is 5.82 Å². The van der Waals surface area contributed by atoms with E-state index >= 15 is 0 Å². The number of aromatic nitrogens is 2. The van der Waals surface area contributed by atoms with Gasteiger partial charge in [-0.1, -0.05) is 34.1 Å². The van der Waals surface area contributed by atoms with Gasteiger partial charge in [-0.15, -0.1) is 0 Å². The molecule has 1 aromatic heterocycles. The largest absolute Gasteiger partial charge is 0.362 e. The average molecular weight is 461 g/mol. The van der Waals surface area contributed by atoms with E-state index in [1.54, 1.807) is 0 Å². The van der Waals surface area contributed by atoms with Crippen molar-refractivity contribution >= 4 is 44.2 Å². The second-order valence-corrected chi connectivity index (χ2v) is 8.47. The number of aryl methyl sites for hydroxylation is 1.